The van der Waals surface area contributed by atoms with Gasteiger partial charge in [0, 0.05) is 30.1 Å². The maximum absolute atomic E-state index is 13.3. The Labute approximate surface area is 241 Å². The summed E-state index contributed by atoms with van der Waals surface area (Å²) in [6, 6.07) is 23.5. The number of amidine groups is 1. The summed E-state index contributed by atoms with van der Waals surface area (Å²) in [6.45, 7) is 0.889. The van der Waals surface area contributed by atoms with Gasteiger partial charge in [0.05, 0.1) is 33.8 Å². The molecule has 0 unspecified atom stereocenters. The largest absolute Gasteiger partial charge is 0.497 e. The highest BCUT2D eigenvalue weighted by Gasteiger charge is 2.38. The Bertz CT molecular complexity index is 1590. The minimum atomic E-state index is -5.08. The highest BCUT2D eigenvalue weighted by atomic mass is 19.4. The van der Waals surface area contributed by atoms with Crippen LogP contribution in [0, 0.1) is 5.41 Å². The predicted octanol–water partition coefficient (Wildman–Crippen LogP) is 4.74. The van der Waals surface area contributed by atoms with Gasteiger partial charge in [0.25, 0.3) is 5.91 Å². The standard InChI is InChI=1S/C28H31N5O2.C2HF3O2/c1-33(2,3)23-11-8-19(9-12-23)17-31-28(34)26-15-21-10-13-24(35-4)16-25(21)32(26)18-20-6-5-7-22(14-20)27(29)30;3-2(4,5)1(6)7/h5-16H,17-18H2,1-4H3,(H3-,29,30,31,34);(H,6,7)/p+1. The first kappa shape index (κ1) is 31.7. The summed E-state index contributed by atoms with van der Waals surface area (Å²) in [4.78, 5) is 22.2. The van der Waals surface area contributed by atoms with Crippen LogP contribution in [-0.2, 0) is 17.9 Å². The Hall–Kier alpha value is -4.84. The average molecular weight is 585 g/mol. The van der Waals surface area contributed by atoms with E-state index in [2.05, 4.69) is 38.6 Å². The topological polar surface area (TPSA) is 130 Å². The molecule has 0 aliphatic rings. The zero-order valence-electron chi connectivity index (χ0n) is 23.6. The molecule has 1 heterocycles. The van der Waals surface area contributed by atoms with Crippen LogP contribution in [0.3, 0.4) is 0 Å². The molecule has 222 valence electrons. The van der Waals surface area contributed by atoms with Gasteiger partial charge in [0.15, 0.2) is 0 Å². The quantitative estimate of drug-likeness (QED) is 0.135. The molecular weight excluding hydrogens is 551 g/mol. The molecule has 12 heteroatoms. The van der Waals surface area contributed by atoms with Crippen LogP contribution in [0.15, 0.2) is 72.8 Å². The van der Waals surface area contributed by atoms with Crippen molar-refractivity contribution in [2.24, 2.45) is 5.73 Å². The fourth-order valence-electron chi connectivity index (χ4n) is 4.07. The van der Waals surface area contributed by atoms with Gasteiger partial charge >= 0.3 is 12.1 Å². The van der Waals surface area contributed by atoms with Crippen molar-refractivity contribution in [1.29, 1.82) is 5.41 Å². The lowest BCUT2D eigenvalue weighted by molar-refractivity contribution is -0.192. The Morgan fingerprint density at radius 1 is 1.00 bits per heavy atom. The van der Waals surface area contributed by atoms with Crippen LogP contribution in [0.1, 0.15) is 27.2 Å². The lowest BCUT2D eigenvalue weighted by Gasteiger charge is -2.23. The molecule has 5 N–H and O–H groups in total. The maximum atomic E-state index is 13.3. The van der Waals surface area contributed by atoms with E-state index < -0.39 is 12.1 Å². The maximum Gasteiger partial charge on any atom is 0.490 e. The van der Waals surface area contributed by atoms with Gasteiger partial charge in [0.1, 0.15) is 23.0 Å². The van der Waals surface area contributed by atoms with E-state index in [1.165, 1.54) is 5.69 Å². The number of rotatable bonds is 8. The van der Waals surface area contributed by atoms with Gasteiger partial charge in [-0.2, -0.15) is 13.2 Å². The third kappa shape index (κ3) is 8.10. The zero-order valence-corrected chi connectivity index (χ0v) is 23.6. The average Bonchev–Trinajstić information content (AvgIpc) is 3.28. The van der Waals surface area contributed by atoms with E-state index in [1.54, 1.807) is 13.2 Å². The minimum absolute atomic E-state index is 0.0140. The highest BCUT2D eigenvalue weighted by molar-refractivity contribution is 5.99. The second kappa shape index (κ2) is 12.8. The number of quaternary nitrogens is 1. The number of alkyl halides is 3. The number of ether oxygens (including phenoxy) is 1. The molecule has 4 aromatic rings. The molecule has 0 aliphatic carbocycles. The van der Waals surface area contributed by atoms with Crippen LogP contribution in [0.25, 0.3) is 10.9 Å². The van der Waals surface area contributed by atoms with E-state index in [9.17, 15) is 18.0 Å². The zero-order chi connectivity index (χ0) is 31.2. The number of hydrogen-bond donors (Lipinski definition) is 4. The summed E-state index contributed by atoms with van der Waals surface area (Å²) < 4.78 is 39.9. The van der Waals surface area contributed by atoms with Crippen LogP contribution >= 0.6 is 0 Å². The van der Waals surface area contributed by atoms with Crippen molar-refractivity contribution in [3.63, 3.8) is 0 Å². The van der Waals surface area contributed by atoms with Crippen LogP contribution < -0.4 is 20.3 Å². The predicted molar refractivity (Wildman–Crippen MR) is 156 cm³/mol. The smallest absolute Gasteiger partial charge is 0.490 e. The summed E-state index contributed by atoms with van der Waals surface area (Å²) in [7, 11) is 7.99. The van der Waals surface area contributed by atoms with E-state index in [0.29, 0.717) is 24.3 Å². The third-order valence-electron chi connectivity index (χ3n) is 6.33. The lowest BCUT2D eigenvalue weighted by Crippen LogP contribution is -2.34. The Balaban J connectivity index is 0.000000616. The molecule has 9 nitrogen and oxygen atoms in total. The second-order valence-corrected chi connectivity index (χ2v) is 10.3. The first-order valence-electron chi connectivity index (χ1n) is 12.7. The number of amides is 1. The van der Waals surface area contributed by atoms with Gasteiger partial charge in [-0.05, 0) is 47.5 Å². The number of benzene rings is 3. The van der Waals surface area contributed by atoms with Crippen LogP contribution in [0.2, 0.25) is 0 Å². The van der Waals surface area contributed by atoms with Gasteiger partial charge in [-0.25, -0.2) is 4.79 Å². The molecule has 42 heavy (non-hydrogen) atoms. The van der Waals surface area contributed by atoms with Gasteiger partial charge in [-0.3, -0.25) is 14.7 Å². The molecule has 1 aromatic heterocycles. The summed E-state index contributed by atoms with van der Waals surface area (Å²) in [5.74, 6) is -2.18. The summed E-state index contributed by atoms with van der Waals surface area (Å²) >= 11 is 0. The number of carboxylic acid groups (broad SMARTS) is 1. The first-order chi connectivity index (χ1) is 19.6. The number of aromatic nitrogens is 1. The molecule has 1 amide bonds. The first-order valence-corrected chi connectivity index (χ1v) is 12.7. The third-order valence-corrected chi connectivity index (χ3v) is 6.33. The molecule has 3 aromatic carbocycles. The number of carboxylic acids is 1. The van der Waals surface area contributed by atoms with Crippen molar-refractivity contribution < 1.29 is 32.6 Å². The summed E-state index contributed by atoms with van der Waals surface area (Å²) in [6.07, 6.45) is -5.08. The van der Waals surface area contributed by atoms with Crippen LogP contribution in [-0.4, -0.2) is 61.8 Å². The normalized spacial score (nSPS) is 11.4. The SMILES string of the molecule is COc1ccc2cc(C(=O)NCc3ccc([N+](C)(C)C)cc3)n(Cc3cccc(C(=N)N)c3)c2c1.O=C(O)C(F)(F)F. The molecule has 0 radical (unpaired) electrons. The monoisotopic (exact) mass is 584 g/mol. The van der Waals surface area contributed by atoms with Crippen molar-refractivity contribution in [3.8, 4) is 5.75 Å². The number of carbonyl (C=O) groups is 2. The number of hydrogen-bond acceptors (Lipinski definition) is 4. The van der Waals surface area contributed by atoms with E-state index in [-0.39, 0.29) is 11.7 Å². The van der Waals surface area contributed by atoms with Gasteiger partial charge in [-0.15, -0.1) is 0 Å². The Morgan fingerprint density at radius 2 is 1.64 bits per heavy atom. The highest BCUT2D eigenvalue weighted by Crippen LogP contribution is 2.26. The van der Waals surface area contributed by atoms with Crippen molar-refractivity contribution in [1.82, 2.24) is 14.4 Å². The molecule has 0 spiro atoms. The molecule has 4 rings (SSSR count). The fourth-order valence-corrected chi connectivity index (χ4v) is 4.07. The number of carbonyl (C=O) groups excluding carboxylic acids is 1. The number of nitrogens with two attached hydrogens (primary N) is 1. The van der Waals surface area contributed by atoms with Gasteiger partial charge < -0.3 is 25.5 Å². The number of nitrogen functional groups attached to an aromatic ring is 1. The van der Waals surface area contributed by atoms with Gasteiger partial charge in [0.2, 0.25) is 0 Å². The number of nitrogens with zero attached hydrogens (tertiary/aromatic N) is 2. The van der Waals surface area contributed by atoms with Gasteiger partial charge in [-0.1, -0.05) is 30.3 Å². The van der Waals surface area contributed by atoms with E-state index >= 15 is 0 Å². The molecule has 0 atom stereocenters. The van der Waals surface area contributed by atoms with Crippen molar-refractivity contribution >= 4 is 34.3 Å². The molecule has 0 saturated heterocycles. The minimum Gasteiger partial charge on any atom is -0.497 e. The lowest BCUT2D eigenvalue weighted by atomic mass is 10.1. The van der Waals surface area contributed by atoms with Crippen molar-refractivity contribution in [3.05, 3.63) is 95.2 Å². The van der Waals surface area contributed by atoms with E-state index in [4.69, 9.17) is 25.8 Å². The van der Waals surface area contributed by atoms with Crippen LogP contribution in [0.5, 0.6) is 5.75 Å². The number of fused-ring (bicyclic) bond motifs is 1. The fraction of sp³-hybridized carbons (Fsp3) is 0.233. The molecule has 0 bridgehead atoms. The second-order valence-electron chi connectivity index (χ2n) is 10.3. The Kier molecular flexibility index (Phi) is 9.64. The molecule has 0 fully saturated rings. The summed E-state index contributed by atoms with van der Waals surface area (Å²) in [5.41, 5.74) is 11.0. The van der Waals surface area contributed by atoms with E-state index in [1.807, 2.05) is 59.2 Å². The van der Waals surface area contributed by atoms with E-state index in [0.717, 1.165) is 32.3 Å². The van der Waals surface area contributed by atoms with Crippen molar-refractivity contribution in [2.45, 2.75) is 19.3 Å². The Morgan fingerprint density at radius 3 is 2.19 bits per heavy atom. The molecular formula is C30H33F3N5O4+. The number of methoxy groups -OCH3 is 1. The molecule has 0 aliphatic heterocycles. The van der Waals surface area contributed by atoms with Crippen LogP contribution in [0.4, 0.5) is 18.9 Å². The number of aliphatic carboxylic acids is 1. The molecule has 0 saturated carbocycles. The van der Waals surface area contributed by atoms with Crippen molar-refractivity contribution in [2.75, 3.05) is 28.3 Å². The number of halogens is 3. The number of nitrogens with one attached hydrogen (secondary N) is 2. The summed E-state index contributed by atoms with van der Waals surface area (Å²) in [5, 5.41) is 18.9.